The molecule has 0 fully saturated rings. The summed E-state index contributed by atoms with van der Waals surface area (Å²) < 4.78 is 0. The second-order valence-corrected chi connectivity index (χ2v) is 4.44. The van der Waals surface area contributed by atoms with E-state index in [-0.39, 0.29) is 6.04 Å². The molecule has 0 saturated heterocycles. The van der Waals surface area contributed by atoms with Crippen molar-refractivity contribution in [2.24, 2.45) is 0 Å². The summed E-state index contributed by atoms with van der Waals surface area (Å²) in [4.78, 5) is 4.34. The minimum Gasteiger partial charge on any atom is -0.377 e. The van der Waals surface area contributed by atoms with E-state index in [9.17, 15) is 0 Å². The number of H-pyrrole nitrogens is 1. The molecule has 20 heavy (non-hydrogen) atoms. The molecular weight excluding hydrogens is 252 g/mol. The highest BCUT2D eigenvalue weighted by Crippen LogP contribution is 2.22. The first-order valence-electron chi connectivity index (χ1n) is 6.34. The molecule has 0 amide bonds. The summed E-state index contributed by atoms with van der Waals surface area (Å²) >= 11 is 0. The number of rotatable bonds is 4. The molecule has 100 valence electrons. The number of benzene rings is 1. The Labute approximate surface area is 116 Å². The number of nitrogens with one attached hydrogen (secondary N) is 2. The van der Waals surface area contributed by atoms with E-state index in [1.807, 2.05) is 42.5 Å². The van der Waals surface area contributed by atoms with Crippen LogP contribution >= 0.6 is 0 Å². The largest absolute Gasteiger partial charge is 0.377 e. The van der Waals surface area contributed by atoms with E-state index in [2.05, 4.69) is 37.8 Å². The SMILES string of the molecule is CC(Nc1cccc(-c2nn[nH]n2)c1)c1ccccn1. The molecule has 0 spiro atoms. The van der Waals surface area contributed by atoms with Crippen molar-refractivity contribution in [1.29, 1.82) is 0 Å². The van der Waals surface area contributed by atoms with E-state index in [1.54, 1.807) is 6.20 Å². The molecule has 2 N–H and O–H groups in total. The van der Waals surface area contributed by atoms with E-state index in [1.165, 1.54) is 0 Å². The van der Waals surface area contributed by atoms with E-state index < -0.39 is 0 Å². The second kappa shape index (κ2) is 5.48. The molecular formula is C14H14N6. The lowest BCUT2D eigenvalue weighted by Crippen LogP contribution is -2.08. The Bertz CT molecular complexity index is 665. The van der Waals surface area contributed by atoms with Gasteiger partial charge in [-0.1, -0.05) is 18.2 Å². The third kappa shape index (κ3) is 2.64. The Morgan fingerprint density at radius 2 is 2.10 bits per heavy atom. The quantitative estimate of drug-likeness (QED) is 0.758. The van der Waals surface area contributed by atoms with E-state index in [4.69, 9.17) is 0 Å². The maximum absolute atomic E-state index is 4.34. The van der Waals surface area contributed by atoms with Crippen molar-refractivity contribution in [2.45, 2.75) is 13.0 Å². The normalized spacial score (nSPS) is 12.1. The van der Waals surface area contributed by atoms with Crippen LogP contribution in [0.4, 0.5) is 5.69 Å². The van der Waals surface area contributed by atoms with Crippen LogP contribution < -0.4 is 5.32 Å². The Hall–Kier alpha value is -2.76. The van der Waals surface area contributed by atoms with Crippen LogP contribution in [0.15, 0.2) is 48.7 Å². The minimum atomic E-state index is 0.122. The summed E-state index contributed by atoms with van der Waals surface area (Å²) in [5.41, 5.74) is 2.90. The van der Waals surface area contributed by atoms with Crippen molar-refractivity contribution >= 4 is 5.69 Å². The third-order valence-corrected chi connectivity index (χ3v) is 2.98. The molecule has 1 atom stereocenters. The van der Waals surface area contributed by atoms with Crippen LogP contribution in [0.3, 0.4) is 0 Å². The zero-order chi connectivity index (χ0) is 13.8. The van der Waals surface area contributed by atoms with Gasteiger partial charge in [-0.3, -0.25) is 4.98 Å². The summed E-state index contributed by atoms with van der Waals surface area (Å²) in [5.74, 6) is 0.583. The van der Waals surface area contributed by atoms with E-state index in [0.717, 1.165) is 16.9 Å². The summed E-state index contributed by atoms with van der Waals surface area (Å²) in [6.45, 7) is 2.07. The number of nitrogens with zero attached hydrogens (tertiary/aromatic N) is 4. The molecule has 6 nitrogen and oxygen atoms in total. The van der Waals surface area contributed by atoms with Gasteiger partial charge in [0.15, 0.2) is 0 Å². The Balaban J connectivity index is 1.80. The lowest BCUT2D eigenvalue weighted by atomic mass is 10.1. The van der Waals surface area contributed by atoms with Gasteiger partial charge in [0.1, 0.15) is 0 Å². The first-order valence-corrected chi connectivity index (χ1v) is 6.34. The molecule has 1 unspecified atom stereocenters. The zero-order valence-corrected chi connectivity index (χ0v) is 11.0. The molecule has 3 rings (SSSR count). The summed E-state index contributed by atoms with van der Waals surface area (Å²) in [6, 6.07) is 13.9. The van der Waals surface area contributed by atoms with Gasteiger partial charge in [0, 0.05) is 17.4 Å². The molecule has 2 aromatic heterocycles. The minimum absolute atomic E-state index is 0.122. The number of tetrazole rings is 1. The van der Waals surface area contributed by atoms with Gasteiger partial charge >= 0.3 is 0 Å². The second-order valence-electron chi connectivity index (χ2n) is 4.44. The van der Waals surface area contributed by atoms with Crippen LogP contribution in [0.5, 0.6) is 0 Å². The molecule has 0 radical (unpaired) electrons. The molecule has 1 aromatic carbocycles. The average molecular weight is 266 g/mol. The van der Waals surface area contributed by atoms with Gasteiger partial charge < -0.3 is 5.32 Å². The molecule has 2 heterocycles. The van der Waals surface area contributed by atoms with Gasteiger partial charge in [-0.15, -0.1) is 10.2 Å². The van der Waals surface area contributed by atoms with E-state index in [0.29, 0.717) is 5.82 Å². The highest BCUT2D eigenvalue weighted by atomic mass is 15.5. The van der Waals surface area contributed by atoms with Crippen molar-refractivity contribution in [1.82, 2.24) is 25.6 Å². The molecule has 0 aliphatic heterocycles. The summed E-state index contributed by atoms with van der Waals surface area (Å²) in [6.07, 6.45) is 1.79. The van der Waals surface area contributed by atoms with Crippen LogP contribution in [-0.2, 0) is 0 Å². The summed E-state index contributed by atoms with van der Waals surface area (Å²) in [5, 5.41) is 17.4. The van der Waals surface area contributed by atoms with Gasteiger partial charge in [-0.05, 0) is 36.4 Å². The van der Waals surface area contributed by atoms with Crippen molar-refractivity contribution in [3.05, 3.63) is 54.4 Å². The van der Waals surface area contributed by atoms with Gasteiger partial charge in [-0.2, -0.15) is 5.21 Å². The Morgan fingerprint density at radius 1 is 1.15 bits per heavy atom. The Morgan fingerprint density at radius 3 is 2.85 bits per heavy atom. The number of aromatic amines is 1. The molecule has 0 saturated carbocycles. The van der Waals surface area contributed by atoms with E-state index >= 15 is 0 Å². The molecule has 3 aromatic rings. The predicted octanol–water partition coefficient (Wildman–Crippen LogP) is 2.43. The smallest absolute Gasteiger partial charge is 0.204 e. The Kier molecular flexibility index (Phi) is 3.36. The van der Waals surface area contributed by atoms with Crippen LogP contribution in [0.25, 0.3) is 11.4 Å². The fraction of sp³-hybridized carbons (Fsp3) is 0.143. The zero-order valence-electron chi connectivity index (χ0n) is 11.0. The van der Waals surface area contributed by atoms with Crippen molar-refractivity contribution in [3.63, 3.8) is 0 Å². The first kappa shape index (κ1) is 12.3. The molecule has 0 aliphatic carbocycles. The lowest BCUT2D eigenvalue weighted by Gasteiger charge is -2.15. The fourth-order valence-corrected chi connectivity index (χ4v) is 1.99. The highest BCUT2D eigenvalue weighted by molar-refractivity contribution is 5.62. The highest BCUT2D eigenvalue weighted by Gasteiger charge is 2.08. The molecule has 0 aliphatic rings. The first-order chi connectivity index (χ1) is 9.83. The fourth-order valence-electron chi connectivity index (χ4n) is 1.99. The van der Waals surface area contributed by atoms with Gasteiger partial charge in [-0.25, -0.2) is 0 Å². The number of aromatic nitrogens is 5. The molecule has 6 heteroatoms. The average Bonchev–Trinajstić information content (AvgIpc) is 3.03. The van der Waals surface area contributed by atoms with Crippen molar-refractivity contribution in [2.75, 3.05) is 5.32 Å². The maximum Gasteiger partial charge on any atom is 0.204 e. The summed E-state index contributed by atoms with van der Waals surface area (Å²) in [7, 11) is 0. The number of pyridine rings is 1. The van der Waals surface area contributed by atoms with Crippen LogP contribution in [-0.4, -0.2) is 25.6 Å². The van der Waals surface area contributed by atoms with Gasteiger partial charge in [0.2, 0.25) is 5.82 Å². The lowest BCUT2D eigenvalue weighted by molar-refractivity contribution is 0.839. The number of hydrogen-bond acceptors (Lipinski definition) is 5. The molecule has 0 bridgehead atoms. The number of anilines is 1. The van der Waals surface area contributed by atoms with Crippen LogP contribution in [0.2, 0.25) is 0 Å². The topological polar surface area (TPSA) is 79.4 Å². The van der Waals surface area contributed by atoms with Gasteiger partial charge in [0.25, 0.3) is 0 Å². The standard InChI is InChI=1S/C14H14N6/c1-10(13-7-2-3-8-15-13)16-12-6-4-5-11(9-12)14-17-19-20-18-14/h2-10,16H,1H3,(H,17,18,19,20). The third-order valence-electron chi connectivity index (χ3n) is 2.98. The number of hydrogen-bond donors (Lipinski definition) is 2. The van der Waals surface area contributed by atoms with Crippen molar-refractivity contribution in [3.8, 4) is 11.4 Å². The maximum atomic E-state index is 4.34. The monoisotopic (exact) mass is 266 g/mol. The predicted molar refractivity (Wildman–Crippen MR) is 75.9 cm³/mol. The van der Waals surface area contributed by atoms with Gasteiger partial charge in [0.05, 0.1) is 11.7 Å². The van der Waals surface area contributed by atoms with Crippen LogP contribution in [0.1, 0.15) is 18.7 Å². The van der Waals surface area contributed by atoms with Crippen molar-refractivity contribution < 1.29 is 0 Å². The van der Waals surface area contributed by atoms with Crippen LogP contribution in [0, 0.1) is 0 Å².